The number of hydrogen-bond donors (Lipinski definition) is 0. The lowest BCUT2D eigenvalue weighted by molar-refractivity contribution is 1.37. The predicted octanol–water partition coefficient (Wildman–Crippen LogP) is 5.64. The Labute approximate surface area is 141 Å². The molecule has 106 valence electrons. The van der Waals surface area contributed by atoms with Crippen LogP contribution >= 0.6 is 27.3 Å². The smallest absolute Gasteiger partial charge is 0.134 e. The highest BCUT2D eigenvalue weighted by atomic mass is 79.9. The van der Waals surface area contributed by atoms with Gasteiger partial charge in [0, 0.05) is 15.4 Å². The van der Waals surface area contributed by atoms with Gasteiger partial charge >= 0.3 is 0 Å². The molecule has 0 atom stereocenters. The van der Waals surface area contributed by atoms with Crippen molar-refractivity contribution in [3.63, 3.8) is 0 Å². The van der Waals surface area contributed by atoms with E-state index in [9.17, 15) is 5.26 Å². The van der Waals surface area contributed by atoms with Crippen molar-refractivity contribution in [2.75, 3.05) is 0 Å². The number of allylic oxidation sites excluding steroid dienone is 1. The van der Waals surface area contributed by atoms with E-state index in [4.69, 9.17) is 0 Å². The first-order chi connectivity index (χ1) is 10.8. The third kappa shape index (κ3) is 3.16. The van der Waals surface area contributed by atoms with Gasteiger partial charge in [0.1, 0.15) is 11.1 Å². The molecule has 3 rings (SSSR count). The molecular formula is C18H11BrN2S. The highest BCUT2D eigenvalue weighted by Crippen LogP contribution is 2.28. The van der Waals surface area contributed by atoms with Crippen molar-refractivity contribution in [1.82, 2.24) is 4.98 Å². The van der Waals surface area contributed by atoms with E-state index in [-0.39, 0.29) is 0 Å². The predicted molar refractivity (Wildman–Crippen MR) is 95.2 cm³/mol. The quantitative estimate of drug-likeness (QED) is 0.562. The molecule has 0 aliphatic rings. The fourth-order valence-electron chi connectivity index (χ4n) is 2.03. The van der Waals surface area contributed by atoms with Gasteiger partial charge in [0.05, 0.1) is 11.3 Å². The molecular weight excluding hydrogens is 356 g/mol. The lowest BCUT2D eigenvalue weighted by atomic mass is 10.1. The molecule has 0 aliphatic carbocycles. The average Bonchev–Trinajstić information content (AvgIpc) is 3.05. The normalized spacial score (nSPS) is 11.2. The van der Waals surface area contributed by atoms with Gasteiger partial charge in [0.2, 0.25) is 0 Å². The van der Waals surface area contributed by atoms with Crippen LogP contribution in [0.15, 0.2) is 64.5 Å². The Hall–Kier alpha value is -2.22. The van der Waals surface area contributed by atoms with Gasteiger partial charge in [-0.25, -0.2) is 4.98 Å². The molecule has 0 amide bonds. The molecule has 22 heavy (non-hydrogen) atoms. The maximum atomic E-state index is 9.44. The highest BCUT2D eigenvalue weighted by molar-refractivity contribution is 9.10. The first-order valence-electron chi connectivity index (χ1n) is 6.65. The van der Waals surface area contributed by atoms with Gasteiger partial charge in [0.25, 0.3) is 0 Å². The van der Waals surface area contributed by atoms with E-state index < -0.39 is 0 Å². The Balaban J connectivity index is 1.98. The standard InChI is InChI=1S/C18H11BrN2S/c19-16-9-5-4-8-14(16)10-15(11-20)18-21-17(12-22-18)13-6-2-1-3-7-13/h1-10,12H/b15-10-. The topological polar surface area (TPSA) is 36.7 Å². The Morgan fingerprint density at radius 3 is 2.55 bits per heavy atom. The van der Waals surface area contributed by atoms with Gasteiger partial charge in [-0.2, -0.15) is 5.26 Å². The van der Waals surface area contributed by atoms with Gasteiger partial charge in [-0.1, -0.05) is 64.5 Å². The van der Waals surface area contributed by atoms with Crippen LogP contribution in [-0.4, -0.2) is 4.98 Å². The average molecular weight is 367 g/mol. The molecule has 0 bridgehead atoms. The van der Waals surface area contributed by atoms with Gasteiger partial charge < -0.3 is 0 Å². The number of aromatic nitrogens is 1. The zero-order chi connectivity index (χ0) is 15.4. The molecule has 3 aromatic rings. The second kappa shape index (κ2) is 6.69. The Kier molecular flexibility index (Phi) is 4.47. The van der Waals surface area contributed by atoms with Crippen LogP contribution in [0.25, 0.3) is 22.9 Å². The second-order valence-electron chi connectivity index (χ2n) is 4.60. The Bertz CT molecular complexity index is 860. The summed E-state index contributed by atoms with van der Waals surface area (Å²) >= 11 is 4.98. The summed E-state index contributed by atoms with van der Waals surface area (Å²) in [6.45, 7) is 0. The molecule has 1 heterocycles. The molecule has 2 aromatic carbocycles. The fourth-order valence-corrected chi connectivity index (χ4v) is 3.22. The number of hydrogen-bond acceptors (Lipinski definition) is 3. The molecule has 2 nitrogen and oxygen atoms in total. The summed E-state index contributed by atoms with van der Waals surface area (Å²) < 4.78 is 0.961. The summed E-state index contributed by atoms with van der Waals surface area (Å²) in [4.78, 5) is 4.59. The van der Waals surface area contributed by atoms with Crippen LogP contribution in [0.3, 0.4) is 0 Å². The molecule has 0 saturated carbocycles. The van der Waals surface area contributed by atoms with Gasteiger partial charge in [-0.05, 0) is 17.7 Å². The maximum absolute atomic E-state index is 9.44. The van der Waals surface area contributed by atoms with Crippen LogP contribution in [0.2, 0.25) is 0 Å². The summed E-state index contributed by atoms with van der Waals surface area (Å²) in [5, 5.41) is 12.2. The van der Waals surface area contributed by atoms with Crippen LogP contribution in [-0.2, 0) is 0 Å². The molecule has 0 unspecified atom stereocenters. The van der Waals surface area contributed by atoms with Crippen LogP contribution < -0.4 is 0 Å². The van der Waals surface area contributed by atoms with Crippen molar-refractivity contribution in [2.24, 2.45) is 0 Å². The SMILES string of the molecule is N#C/C(=C/c1ccccc1Br)c1nc(-c2ccccc2)cs1. The van der Waals surface area contributed by atoms with Crippen molar-refractivity contribution < 1.29 is 0 Å². The largest absolute Gasteiger partial charge is 0.235 e. The number of halogens is 1. The molecule has 0 N–H and O–H groups in total. The minimum absolute atomic E-state index is 0.569. The number of rotatable bonds is 3. The number of nitriles is 1. The van der Waals surface area contributed by atoms with E-state index in [0.717, 1.165) is 26.3 Å². The van der Waals surface area contributed by atoms with Gasteiger partial charge in [-0.3, -0.25) is 0 Å². The summed E-state index contributed by atoms with van der Waals surface area (Å²) in [6, 6.07) is 20.0. The Morgan fingerprint density at radius 1 is 1.09 bits per heavy atom. The van der Waals surface area contributed by atoms with E-state index >= 15 is 0 Å². The lowest BCUT2D eigenvalue weighted by Gasteiger charge is -1.99. The van der Waals surface area contributed by atoms with Gasteiger partial charge in [-0.15, -0.1) is 11.3 Å². The third-order valence-corrected chi connectivity index (χ3v) is 4.73. The molecule has 0 aliphatic heterocycles. The molecule has 1 aromatic heterocycles. The molecule has 0 saturated heterocycles. The second-order valence-corrected chi connectivity index (χ2v) is 6.31. The Morgan fingerprint density at radius 2 is 1.82 bits per heavy atom. The summed E-state index contributed by atoms with van der Waals surface area (Å²) in [5.74, 6) is 0. The summed E-state index contributed by atoms with van der Waals surface area (Å²) in [5.41, 5.74) is 3.49. The summed E-state index contributed by atoms with van der Waals surface area (Å²) in [7, 11) is 0. The zero-order valence-electron chi connectivity index (χ0n) is 11.5. The van der Waals surface area contributed by atoms with Gasteiger partial charge in [0.15, 0.2) is 0 Å². The minimum atomic E-state index is 0.569. The van der Waals surface area contributed by atoms with Crippen molar-refractivity contribution >= 4 is 38.9 Å². The van der Waals surface area contributed by atoms with Crippen LogP contribution in [0.5, 0.6) is 0 Å². The van der Waals surface area contributed by atoms with E-state index in [0.29, 0.717) is 5.57 Å². The van der Waals surface area contributed by atoms with E-state index in [1.807, 2.05) is 66.1 Å². The lowest BCUT2D eigenvalue weighted by Crippen LogP contribution is -1.83. The maximum Gasteiger partial charge on any atom is 0.134 e. The van der Waals surface area contributed by atoms with Crippen molar-refractivity contribution in [3.05, 3.63) is 75.0 Å². The van der Waals surface area contributed by atoms with Crippen LogP contribution in [0.1, 0.15) is 10.6 Å². The zero-order valence-corrected chi connectivity index (χ0v) is 13.9. The number of benzene rings is 2. The van der Waals surface area contributed by atoms with Crippen molar-refractivity contribution in [1.29, 1.82) is 5.26 Å². The first-order valence-corrected chi connectivity index (χ1v) is 8.33. The molecule has 0 fully saturated rings. The van der Waals surface area contributed by atoms with E-state index in [1.54, 1.807) is 0 Å². The number of thiazole rings is 1. The van der Waals surface area contributed by atoms with Crippen LogP contribution in [0, 0.1) is 11.3 Å². The molecule has 0 radical (unpaired) electrons. The summed E-state index contributed by atoms with van der Waals surface area (Å²) in [6.07, 6.45) is 1.86. The first kappa shape index (κ1) is 14.7. The molecule has 0 spiro atoms. The number of nitrogens with zero attached hydrogens (tertiary/aromatic N) is 2. The van der Waals surface area contributed by atoms with Crippen molar-refractivity contribution in [2.45, 2.75) is 0 Å². The molecule has 4 heteroatoms. The third-order valence-electron chi connectivity index (χ3n) is 3.13. The minimum Gasteiger partial charge on any atom is -0.235 e. The highest BCUT2D eigenvalue weighted by Gasteiger charge is 2.09. The monoisotopic (exact) mass is 366 g/mol. The van der Waals surface area contributed by atoms with Crippen molar-refractivity contribution in [3.8, 4) is 17.3 Å². The van der Waals surface area contributed by atoms with E-state index in [1.165, 1.54) is 11.3 Å². The van der Waals surface area contributed by atoms with Crippen LogP contribution in [0.4, 0.5) is 0 Å². The van der Waals surface area contributed by atoms with E-state index in [2.05, 4.69) is 27.0 Å². The fraction of sp³-hybridized carbons (Fsp3) is 0.